The van der Waals surface area contributed by atoms with E-state index < -0.39 is 0 Å². The molecule has 0 radical (unpaired) electrons. The standard InChI is InChI=1S/C25H29ClFN3O/c1-17(2)13-14-29(25(31)18-7-10-20(27)11-8-18)16-24-28-22-12-9-19(26)15-23(22)30(24)21-5-3-4-6-21/h7-12,15,17,21H,3-6,13-14,16H2,1-2H3. The van der Waals surface area contributed by atoms with Crippen molar-refractivity contribution in [1.29, 1.82) is 0 Å². The first-order chi connectivity index (χ1) is 14.9. The maximum absolute atomic E-state index is 13.4. The predicted molar refractivity (Wildman–Crippen MR) is 123 cm³/mol. The van der Waals surface area contributed by atoms with Crippen LogP contribution >= 0.6 is 11.6 Å². The van der Waals surface area contributed by atoms with E-state index in [1.807, 2.05) is 23.1 Å². The van der Waals surface area contributed by atoms with Gasteiger partial charge in [-0.05, 0) is 67.6 Å². The molecule has 2 aromatic carbocycles. The molecule has 4 rings (SSSR count). The molecule has 0 atom stereocenters. The summed E-state index contributed by atoms with van der Waals surface area (Å²) in [7, 11) is 0. The van der Waals surface area contributed by atoms with Crippen LogP contribution in [0.4, 0.5) is 4.39 Å². The molecule has 1 aromatic heterocycles. The number of carbonyl (C=O) groups is 1. The Hall–Kier alpha value is -2.40. The highest BCUT2D eigenvalue weighted by Gasteiger charge is 2.25. The van der Waals surface area contributed by atoms with Crippen molar-refractivity contribution in [3.63, 3.8) is 0 Å². The van der Waals surface area contributed by atoms with Gasteiger partial charge in [0, 0.05) is 23.2 Å². The van der Waals surface area contributed by atoms with E-state index in [1.54, 1.807) is 12.1 Å². The summed E-state index contributed by atoms with van der Waals surface area (Å²) in [5, 5.41) is 0.692. The van der Waals surface area contributed by atoms with E-state index in [4.69, 9.17) is 16.6 Å². The number of fused-ring (bicyclic) bond motifs is 1. The van der Waals surface area contributed by atoms with Crippen molar-refractivity contribution in [2.75, 3.05) is 6.54 Å². The minimum atomic E-state index is -0.342. The molecule has 164 valence electrons. The Morgan fingerprint density at radius 3 is 2.58 bits per heavy atom. The van der Waals surface area contributed by atoms with Crippen LogP contribution in [-0.4, -0.2) is 26.9 Å². The van der Waals surface area contributed by atoms with E-state index >= 15 is 0 Å². The smallest absolute Gasteiger partial charge is 0.254 e. The van der Waals surface area contributed by atoms with Crippen LogP contribution < -0.4 is 0 Å². The molecule has 3 aromatic rings. The lowest BCUT2D eigenvalue weighted by atomic mass is 10.1. The second-order valence-electron chi connectivity index (χ2n) is 8.89. The maximum Gasteiger partial charge on any atom is 0.254 e. The van der Waals surface area contributed by atoms with E-state index in [-0.39, 0.29) is 11.7 Å². The molecular weight excluding hydrogens is 413 g/mol. The van der Waals surface area contributed by atoms with Gasteiger partial charge in [-0.25, -0.2) is 9.37 Å². The highest BCUT2D eigenvalue weighted by atomic mass is 35.5. The fraction of sp³-hybridized carbons (Fsp3) is 0.440. The number of carbonyl (C=O) groups excluding carboxylic acids is 1. The molecule has 0 aliphatic heterocycles. The summed E-state index contributed by atoms with van der Waals surface area (Å²) in [6, 6.07) is 12.0. The molecular formula is C25H29ClFN3O. The molecule has 1 saturated carbocycles. The lowest BCUT2D eigenvalue weighted by Gasteiger charge is -2.25. The number of halogens is 2. The van der Waals surface area contributed by atoms with Crippen LogP contribution in [0.3, 0.4) is 0 Å². The van der Waals surface area contributed by atoms with Gasteiger partial charge in [0.05, 0.1) is 17.6 Å². The number of benzene rings is 2. The zero-order valence-electron chi connectivity index (χ0n) is 18.2. The molecule has 1 aliphatic carbocycles. The van der Waals surface area contributed by atoms with Gasteiger partial charge in [0.2, 0.25) is 0 Å². The Labute approximate surface area is 188 Å². The first-order valence-corrected chi connectivity index (χ1v) is 11.5. The van der Waals surface area contributed by atoms with E-state index in [2.05, 4.69) is 18.4 Å². The first kappa shape index (κ1) is 21.8. The van der Waals surface area contributed by atoms with Crippen LogP contribution in [0.1, 0.15) is 68.2 Å². The van der Waals surface area contributed by atoms with Gasteiger partial charge in [0.15, 0.2) is 0 Å². The summed E-state index contributed by atoms with van der Waals surface area (Å²) in [4.78, 5) is 20.1. The molecule has 1 amide bonds. The summed E-state index contributed by atoms with van der Waals surface area (Å²) in [5.41, 5.74) is 2.44. The monoisotopic (exact) mass is 441 g/mol. The number of imidazole rings is 1. The number of hydrogen-bond donors (Lipinski definition) is 0. The van der Waals surface area contributed by atoms with Gasteiger partial charge >= 0.3 is 0 Å². The number of rotatable bonds is 7. The zero-order chi connectivity index (χ0) is 22.0. The summed E-state index contributed by atoms with van der Waals surface area (Å²) >= 11 is 6.30. The van der Waals surface area contributed by atoms with E-state index in [1.165, 1.54) is 25.0 Å². The van der Waals surface area contributed by atoms with Crippen molar-refractivity contribution in [2.24, 2.45) is 5.92 Å². The number of hydrogen-bond acceptors (Lipinski definition) is 2. The van der Waals surface area contributed by atoms with Crippen molar-refractivity contribution in [3.05, 3.63) is 64.7 Å². The molecule has 0 N–H and O–H groups in total. The lowest BCUT2D eigenvalue weighted by molar-refractivity contribution is 0.0728. The van der Waals surface area contributed by atoms with Gasteiger partial charge in [0.1, 0.15) is 11.6 Å². The minimum absolute atomic E-state index is 0.0938. The van der Waals surface area contributed by atoms with Crippen molar-refractivity contribution in [3.8, 4) is 0 Å². The molecule has 4 nitrogen and oxygen atoms in total. The Kier molecular flexibility index (Phi) is 6.61. The van der Waals surface area contributed by atoms with Gasteiger partial charge in [-0.3, -0.25) is 4.79 Å². The van der Waals surface area contributed by atoms with Crippen LogP contribution in [0.2, 0.25) is 5.02 Å². The molecule has 6 heteroatoms. The minimum Gasteiger partial charge on any atom is -0.331 e. The molecule has 0 unspecified atom stereocenters. The van der Waals surface area contributed by atoms with Crippen LogP contribution in [0.25, 0.3) is 11.0 Å². The van der Waals surface area contributed by atoms with Crippen LogP contribution in [-0.2, 0) is 6.54 Å². The molecule has 1 fully saturated rings. The largest absolute Gasteiger partial charge is 0.331 e. The molecule has 0 spiro atoms. The quantitative estimate of drug-likeness (QED) is 0.412. The average molecular weight is 442 g/mol. The van der Waals surface area contributed by atoms with Crippen molar-refractivity contribution >= 4 is 28.5 Å². The predicted octanol–water partition coefficient (Wildman–Crippen LogP) is 6.63. The molecule has 1 heterocycles. The van der Waals surface area contributed by atoms with Crippen LogP contribution in [0, 0.1) is 11.7 Å². The third-order valence-corrected chi connectivity index (χ3v) is 6.34. The molecule has 1 aliphatic rings. The zero-order valence-corrected chi connectivity index (χ0v) is 18.9. The van der Waals surface area contributed by atoms with Gasteiger partial charge < -0.3 is 9.47 Å². The van der Waals surface area contributed by atoms with E-state index in [0.29, 0.717) is 35.6 Å². The van der Waals surface area contributed by atoms with Crippen molar-refractivity contribution < 1.29 is 9.18 Å². The Bertz CT molecular complexity index is 1050. The van der Waals surface area contributed by atoms with Crippen LogP contribution in [0.5, 0.6) is 0 Å². The van der Waals surface area contributed by atoms with Gasteiger partial charge in [-0.2, -0.15) is 0 Å². The van der Waals surface area contributed by atoms with Crippen molar-refractivity contribution in [1.82, 2.24) is 14.5 Å². The molecule has 31 heavy (non-hydrogen) atoms. The summed E-state index contributed by atoms with van der Waals surface area (Å²) in [6.45, 7) is 5.35. The average Bonchev–Trinajstić information content (AvgIpc) is 3.38. The molecule has 0 saturated heterocycles. The fourth-order valence-electron chi connectivity index (χ4n) is 4.41. The number of amides is 1. The normalized spacial score (nSPS) is 14.6. The number of nitrogens with zero attached hydrogens (tertiary/aromatic N) is 3. The topological polar surface area (TPSA) is 38.1 Å². The maximum atomic E-state index is 13.4. The van der Waals surface area contributed by atoms with Gasteiger partial charge in [-0.1, -0.05) is 38.3 Å². The highest BCUT2D eigenvalue weighted by molar-refractivity contribution is 6.31. The third kappa shape index (κ3) is 4.93. The summed E-state index contributed by atoms with van der Waals surface area (Å²) < 4.78 is 15.7. The second-order valence-corrected chi connectivity index (χ2v) is 9.32. The Morgan fingerprint density at radius 2 is 1.90 bits per heavy atom. The Balaban J connectivity index is 1.70. The second kappa shape index (κ2) is 9.39. The summed E-state index contributed by atoms with van der Waals surface area (Å²) in [5.74, 6) is 0.924. The molecule has 0 bridgehead atoms. The van der Waals surface area contributed by atoms with Gasteiger partial charge in [-0.15, -0.1) is 0 Å². The lowest BCUT2D eigenvalue weighted by Crippen LogP contribution is -2.33. The van der Waals surface area contributed by atoms with Gasteiger partial charge in [0.25, 0.3) is 5.91 Å². The van der Waals surface area contributed by atoms with Crippen LogP contribution in [0.15, 0.2) is 42.5 Å². The first-order valence-electron chi connectivity index (χ1n) is 11.1. The fourth-order valence-corrected chi connectivity index (χ4v) is 4.58. The van der Waals surface area contributed by atoms with E-state index in [0.717, 1.165) is 36.1 Å². The SMILES string of the molecule is CC(C)CCN(Cc1nc2ccc(Cl)cc2n1C1CCCC1)C(=O)c1ccc(F)cc1. The highest BCUT2D eigenvalue weighted by Crippen LogP contribution is 2.35. The Morgan fingerprint density at radius 1 is 1.19 bits per heavy atom. The van der Waals surface area contributed by atoms with E-state index in [9.17, 15) is 9.18 Å². The number of aromatic nitrogens is 2. The third-order valence-electron chi connectivity index (χ3n) is 6.10. The summed E-state index contributed by atoms with van der Waals surface area (Å²) in [6.07, 6.45) is 5.53. The van der Waals surface area contributed by atoms with Crippen molar-refractivity contribution in [2.45, 2.75) is 58.5 Å².